The molecule has 0 aromatic carbocycles. The molecule has 1 aliphatic heterocycles. The summed E-state index contributed by atoms with van der Waals surface area (Å²) in [6, 6.07) is -2.66. The maximum Gasteiger partial charge on any atom is 0.322 e. The van der Waals surface area contributed by atoms with E-state index in [1.807, 2.05) is 0 Å². The zero-order valence-electron chi connectivity index (χ0n) is 19.3. The third kappa shape index (κ3) is 7.76. The van der Waals surface area contributed by atoms with Gasteiger partial charge >= 0.3 is 5.97 Å². The number of aliphatic carboxylic acids is 1. The monoisotopic (exact) mass is 452 g/mol. The molecule has 0 aromatic rings. The van der Waals surface area contributed by atoms with Crippen LogP contribution in [0.25, 0.3) is 0 Å². The minimum Gasteiger partial charge on any atom is -0.480 e. The summed E-state index contributed by atoms with van der Waals surface area (Å²) < 4.78 is 5.32. The second-order valence-electron chi connectivity index (χ2n) is 8.19. The van der Waals surface area contributed by atoms with Gasteiger partial charge in [0.15, 0.2) is 0 Å². The van der Waals surface area contributed by atoms with E-state index in [2.05, 4.69) is 29.2 Å². The largest absolute Gasteiger partial charge is 0.480 e. The van der Waals surface area contributed by atoms with Crippen LogP contribution >= 0.6 is 0 Å². The van der Waals surface area contributed by atoms with Crippen LogP contribution in [0.3, 0.4) is 0 Å². The number of carbonyl (C=O) groups is 4. The van der Waals surface area contributed by atoms with Gasteiger partial charge in [0.05, 0.1) is 6.10 Å². The van der Waals surface area contributed by atoms with Gasteiger partial charge < -0.3 is 20.5 Å². The molecule has 4 N–H and O–H groups in total. The number of carboxylic acids is 1. The van der Waals surface area contributed by atoms with E-state index >= 15 is 0 Å². The van der Waals surface area contributed by atoms with Gasteiger partial charge in [0.1, 0.15) is 18.1 Å². The Hall–Kier alpha value is -2.72. The van der Waals surface area contributed by atoms with Crippen LogP contribution in [-0.2, 0) is 23.9 Å². The summed E-state index contributed by atoms with van der Waals surface area (Å²) in [7, 11) is 1.48. The number of amides is 3. The summed E-state index contributed by atoms with van der Waals surface area (Å²) in [5, 5.41) is 15.7. The number of hydrogen-bond acceptors (Lipinski definition) is 6. The lowest BCUT2D eigenvalue weighted by molar-refractivity contribution is -0.148. The first-order chi connectivity index (χ1) is 15.0. The zero-order chi connectivity index (χ0) is 24.4. The minimum atomic E-state index is -1.04. The Morgan fingerprint density at radius 2 is 1.91 bits per heavy atom. The smallest absolute Gasteiger partial charge is 0.322 e. The Kier molecular flexibility index (Phi) is 11.1. The third-order valence-corrected chi connectivity index (χ3v) is 5.31. The molecule has 1 fully saturated rings. The number of methoxy groups -OCH3 is 1. The first-order valence-corrected chi connectivity index (χ1v) is 10.8. The Labute approximate surface area is 189 Å². The molecule has 10 nitrogen and oxygen atoms in total. The molecule has 0 spiro atoms. The Morgan fingerprint density at radius 1 is 1.25 bits per heavy atom. The molecule has 0 aliphatic carbocycles. The van der Waals surface area contributed by atoms with Crippen LogP contribution < -0.4 is 16.1 Å². The van der Waals surface area contributed by atoms with Gasteiger partial charge in [-0.15, -0.1) is 6.58 Å². The Bertz CT molecular complexity index is 723. The molecule has 180 valence electrons. The number of hydrazine groups is 1. The van der Waals surface area contributed by atoms with Crippen LogP contribution in [0.4, 0.5) is 0 Å². The molecular weight excluding hydrogens is 416 g/mol. The van der Waals surface area contributed by atoms with Gasteiger partial charge in [-0.2, -0.15) is 0 Å². The van der Waals surface area contributed by atoms with Gasteiger partial charge in [0, 0.05) is 19.2 Å². The van der Waals surface area contributed by atoms with Crippen molar-refractivity contribution in [2.75, 3.05) is 13.7 Å². The lowest BCUT2D eigenvalue weighted by atomic mass is 10.0. The van der Waals surface area contributed by atoms with Gasteiger partial charge in [-0.3, -0.25) is 24.2 Å². The van der Waals surface area contributed by atoms with Crippen molar-refractivity contribution in [2.45, 2.75) is 70.7 Å². The van der Waals surface area contributed by atoms with Crippen LogP contribution in [0.1, 0.15) is 46.5 Å². The molecule has 1 rings (SSSR count). The van der Waals surface area contributed by atoms with Crippen LogP contribution in [-0.4, -0.2) is 71.7 Å². The Balaban J connectivity index is 2.76. The molecule has 10 heteroatoms. The van der Waals surface area contributed by atoms with E-state index in [9.17, 15) is 19.2 Å². The van der Waals surface area contributed by atoms with E-state index in [0.29, 0.717) is 32.2 Å². The maximum absolute atomic E-state index is 12.8. The van der Waals surface area contributed by atoms with Gasteiger partial charge in [0.25, 0.3) is 5.91 Å². The molecule has 1 saturated heterocycles. The summed E-state index contributed by atoms with van der Waals surface area (Å²) in [6.07, 6.45) is 3.35. The van der Waals surface area contributed by atoms with E-state index in [1.165, 1.54) is 19.0 Å². The van der Waals surface area contributed by atoms with E-state index in [-0.39, 0.29) is 11.5 Å². The highest BCUT2D eigenvalue weighted by molar-refractivity contribution is 5.98. The van der Waals surface area contributed by atoms with Crippen molar-refractivity contribution in [3.8, 4) is 0 Å². The normalized spacial score (nSPS) is 18.9. The highest BCUT2D eigenvalue weighted by atomic mass is 16.5. The molecule has 32 heavy (non-hydrogen) atoms. The van der Waals surface area contributed by atoms with Crippen molar-refractivity contribution in [1.82, 2.24) is 21.1 Å². The highest BCUT2D eigenvalue weighted by Gasteiger charge is 2.33. The molecule has 3 amide bonds. The molecule has 0 saturated carbocycles. The van der Waals surface area contributed by atoms with Crippen LogP contribution in [0.15, 0.2) is 24.8 Å². The number of carbonyl (C=O) groups excluding carboxylic acids is 3. The van der Waals surface area contributed by atoms with Crippen LogP contribution in [0.5, 0.6) is 0 Å². The standard InChI is InChI=1S/C22H36N4O6/c1-7-8-11-17(32-6)14(4)19(27)24-18(13(2)3)20(28)23-15(5)21(29)26-12-9-10-16(25-26)22(30)31/h7,13,15-18,25H,1,4,8-12H2,2-3,5-6H3,(H,23,28)(H,24,27)(H,30,31)/t15?,16-,17+,18-/m0/s1. The van der Waals surface area contributed by atoms with E-state index < -0.39 is 47.9 Å². The molecule has 0 radical (unpaired) electrons. The predicted octanol–water partition coefficient (Wildman–Crippen LogP) is 0.750. The number of carboxylic acid groups (broad SMARTS) is 1. The number of allylic oxidation sites excluding steroid dienone is 1. The first kappa shape index (κ1) is 27.3. The van der Waals surface area contributed by atoms with Crippen molar-refractivity contribution < 1.29 is 29.0 Å². The van der Waals surface area contributed by atoms with Crippen molar-refractivity contribution in [2.24, 2.45) is 5.92 Å². The van der Waals surface area contributed by atoms with Crippen molar-refractivity contribution in [3.63, 3.8) is 0 Å². The fourth-order valence-electron chi connectivity index (χ4n) is 3.34. The molecule has 4 atom stereocenters. The van der Waals surface area contributed by atoms with Crippen molar-refractivity contribution in [3.05, 3.63) is 24.8 Å². The summed E-state index contributed by atoms with van der Waals surface area (Å²) in [6.45, 7) is 12.9. The van der Waals surface area contributed by atoms with E-state index in [1.54, 1.807) is 19.9 Å². The lowest BCUT2D eigenvalue weighted by Gasteiger charge is -2.34. The average molecular weight is 453 g/mol. The minimum absolute atomic E-state index is 0.203. The van der Waals surface area contributed by atoms with Crippen LogP contribution in [0, 0.1) is 5.92 Å². The number of rotatable bonds is 12. The summed E-state index contributed by atoms with van der Waals surface area (Å²) in [5.74, 6) is -2.77. The molecule has 0 aromatic heterocycles. The fraction of sp³-hybridized carbons (Fsp3) is 0.636. The second-order valence-corrected chi connectivity index (χ2v) is 8.19. The summed E-state index contributed by atoms with van der Waals surface area (Å²) in [4.78, 5) is 49.4. The molecule has 1 heterocycles. The topological polar surface area (TPSA) is 137 Å². The summed E-state index contributed by atoms with van der Waals surface area (Å²) in [5.41, 5.74) is 2.88. The molecule has 0 bridgehead atoms. The number of ether oxygens (including phenoxy) is 1. The van der Waals surface area contributed by atoms with Gasteiger partial charge in [0.2, 0.25) is 11.8 Å². The van der Waals surface area contributed by atoms with Gasteiger partial charge in [-0.25, -0.2) is 5.43 Å². The lowest BCUT2D eigenvalue weighted by Crippen LogP contribution is -2.60. The second kappa shape index (κ2) is 13.0. The molecule has 1 aliphatic rings. The molecule has 1 unspecified atom stereocenters. The zero-order valence-corrected chi connectivity index (χ0v) is 19.3. The molecular formula is C22H36N4O6. The quantitative estimate of drug-likeness (QED) is 0.253. The van der Waals surface area contributed by atoms with E-state index in [4.69, 9.17) is 9.84 Å². The number of nitrogens with zero attached hydrogens (tertiary/aromatic N) is 1. The summed E-state index contributed by atoms with van der Waals surface area (Å²) >= 11 is 0. The van der Waals surface area contributed by atoms with Gasteiger partial charge in [-0.05, 0) is 38.5 Å². The third-order valence-electron chi connectivity index (χ3n) is 5.31. The SMILES string of the molecule is C=CCC[C@@H](OC)C(=C)C(=O)N[C@H](C(=O)NC(C)C(=O)N1CCC[C@@H](C(=O)O)N1)C(C)C. The average Bonchev–Trinajstić information content (AvgIpc) is 2.76. The van der Waals surface area contributed by atoms with E-state index in [0.717, 1.165) is 0 Å². The predicted molar refractivity (Wildman–Crippen MR) is 119 cm³/mol. The van der Waals surface area contributed by atoms with Crippen LogP contribution in [0.2, 0.25) is 0 Å². The van der Waals surface area contributed by atoms with Crippen molar-refractivity contribution in [1.29, 1.82) is 0 Å². The van der Waals surface area contributed by atoms with Gasteiger partial charge in [-0.1, -0.05) is 26.5 Å². The first-order valence-electron chi connectivity index (χ1n) is 10.8. The Morgan fingerprint density at radius 3 is 2.44 bits per heavy atom. The number of hydrogen-bond donors (Lipinski definition) is 4. The maximum atomic E-state index is 12.8. The van der Waals surface area contributed by atoms with Crippen molar-refractivity contribution >= 4 is 23.7 Å². The fourth-order valence-corrected chi connectivity index (χ4v) is 3.34. The highest BCUT2D eigenvalue weighted by Crippen LogP contribution is 2.13. The number of nitrogens with one attached hydrogen (secondary N) is 3.